The lowest BCUT2D eigenvalue weighted by atomic mass is 10.3. The van der Waals surface area contributed by atoms with Crippen molar-refractivity contribution in [2.45, 2.75) is 18.7 Å². The first-order valence-corrected chi connectivity index (χ1v) is 7.56. The number of thiol groups is 1. The number of benzene rings is 2. The van der Waals surface area contributed by atoms with Crippen LogP contribution in [-0.2, 0) is 0 Å². The highest BCUT2D eigenvalue weighted by molar-refractivity contribution is 7.80. The molecule has 0 aliphatic heterocycles. The van der Waals surface area contributed by atoms with Gasteiger partial charge >= 0.3 is 0 Å². The number of para-hydroxylation sites is 2. The van der Waals surface area contributed by atoms with Crippen LogP contribution in [0.3, 0.4) is 0 Å². The number of hydrogen-bond donors (Lipinski definition) is 1. The Labute approximate surface area is 128 Å². The van der Waals surface area contributed by atoms with Crippen molar-refractivity contribution in [3.05, 3.63) is 53.5 Å². The van der Waals surface area contributed by atoms with Crippen molar-refractivity contribution in [3.8, 4) is 0 Å². The zero-order valence-corrected chi connectivity index (χ0v) is 13.2. The fourth-order valence-electron chi connectivity index (χ4n) is 1.70. The standard InChI is InChI=1S/C8H7NS.C8H9NS/c1-6-9-7-4-2-3-5-8(7)10-6;1-2-9-7-5-3-4-6-8(7)10/h2-5H,1H3;2-6,10H,1H3. The van der Waals surface area contributed by atoms with Crippen molar-refractivity contribution < 1.29 is 0 Å². The summed E-state index contributed by atoms with van der Waals surface area (Å²) in [5.41, 5.74) is 2.04. The summed E-state index contributed by atoms with van der Waals surface area (Å²) < 4.78 is 1.28. The molecule has 2 aromatic carbocycles. The smallest absolute Gasteiger partial charge is 0.0907 e. The summed E-state index contributed by atoms with van der Waals surface area (Å²) in [5, 5.41) is 1.14. The van der Waals surface area contributed by atoms with E-state index in [9.17, 15) is 0 Å². The highest BCUT2D eigenvalue weighted by atomic mass is 32.1. The van der Waals surface area contributed by atoms with Gasteiger partial charge in [-0.05, 0) is 38.1 Å². The number of nitrogens with zero attached hydrogens (tertiary/aromatic N) is 2. The topological polar surface area (TPSA) is 25.2 Å². The van der Waals surface area contributed by atoms with E-state index in [-0.39, 0.29) is 0 Å². The molecule has 102 valence electrons. The van der Waals surface area contributed by atoms with E-state index in [1.54, 1.807) is 17.6 Å². The van der Waals surface area contributed by atoms with Gasteiger partial charge in [-0.2, -0.15) is 0 Å². The molecule has 3 aromatic rings. The molecule has 2 nitrogen and oxygen atoms in total. The van der Waals surface area contributed by atoms with Gasteiger partial charge in [-0.15, -0.1) is 24.0 Å². The van der Waals surface area contributed by atoms with Crippen LogP contribution in [0.2, 0.25) is 0 Å². The fourth-order valence-corrected chi connectivity index (χ4v) is 2.75. The van der Waals surface area contributed by atoms with Gasteiger partial charge in [-0.25, -0.2) is 4.98 Å². The molecular formula is C16H16N2S2. The molecule has 20 heavy (non-hydrogen) atoms. The molecule has 0 amide bonds. The summed E-state index contributed by atoms with van der Waals surface area (Å²) in [5.74, 6) is 0. The molecular weight excluding hydrogens is 284 g/mol. The number of rotatable bonds is 1. The highest BCUT2D eigenvalue weighted by Crippen LogP contribution is 2.21. The van der Waals surface area contributed by atoms with Crippen LogP contribution in [0.25, 0.3) is 10.2 Å². The van der Waals surface area contributed by atoms with Gasteiger partial charge in [-0.3, -0.25) is 4.99 Å². The Bertz CT molecular complexity index is 684. The van der Waals surface area contributed by atoms with Crippen LogP contribution in [0.5, 0.6) is 0 Å². The first kappa shape index (κ1) is 14.8. The van der Waals surface area contributed by atoms with Crippen LogP contribution < -0.4 is 0 Å². The van der Waals surface area contributed by atoms with Crippen LogP contribution in [-0.4, -0.2) is 11.2 Å². The Kier molecular flexibility index (Phi) is 5.32. The maximum Gasteiger partial charge on any atom is 0.0907 e. The number of aryl methyl sites for hydroxylation is 1. The number of aromatic nitrogens is 1. The number of hydrogen-bond acceptors (Lipinski definition) is 4. The van der Waals surface area contributed by atoms with E-state index in [1.165, 1.54) is 4.70 Å². The Morgan fingerprint density at radius 1 is 1.10 bits per heavy atom. The zero-order chi connectivity index (χ0) is 14.4. The second-order valence-corrected chi connectivity index (χ2v) is 5.79. The zero-order valence-electron chi connectivity index (χ0n) is 11.4. The van der Waals surface area contributed by atoms with Crippen molar-refractivity contribution in [2.24, 2.45) is 4.99 Å². The van der Waals surface area contributed by atoms with Crippen molar-refractivity contribution in [2.75, 3.05) is 0 Å². The molecule has 0 saturated heterocycles. The molecule has 0 N–H and O–H groups in total. The van der Waals surface area contributed by atoms with E-state index >= 15 is 0 Å². The lowest BCUT2D eigenvalue weighted by Gasteiger charge is -1.94. The van der Waals surface area contributed by atoms with E-state index in [0.717, 1.165) is 21.1 Å². The van der Waals surface area contributed by atoms with E-state index < -0.39 is 0 Å². The maximum atomic E-state index is 4.33. The molecule has 0 fully saturated rings. The van der Waals surface area contributed by atoms with Crippen molar-refractivity contribution in [1.29, 1.82) is 0 Å². The lowest BCUT2D eigenvalue weighted by Crippen LogP contribution is -1.67. The van der Waals surface area contributed by atoms with Gasteiger partial charge < -0.3 is 0 Å². The fraction of sp³-hybridized carbons (Fsp3) is 0.125. The lowest BCUT2D eigenvalue weighted by molar-refractivity contribution is 1.35. The van der Waals surface area contributed by atoms with E-state index in [0.29, 0.717) is 0 Å². The summed E-state index contributed by atoms with van der Waals surface area (Å²) in [6.45, 7) is 3.92. The minimum Gasteiger partial charge on any atom is -0.260 e. The molecule has 0 radical (unpaired) electrons. The second-order valence-electron chi connectivity index (χ2n) is 4.08. The molecule has 0 spiro atoms. The van der Waals surface area contributed by atoms with Crippen LogP contribution >= 0.6 is 24.0 Å². The van der Waals surface area contributed by atoms with Gasteiger partial charge in [0.05, 0.1) is 20.9 Å². The average molecular weight is 300 g/mol. The minimum absolute atomic E-state index is 0.917. The molecule has 1 heterocycles. The van der Waals surface area contributed by atoms with Gasteiger partial charge in [0.2, 0.25) is 0 Å². The molecule has 4 heteroatoms. The average Bonchev–Trinajstić information content (AvgIpc) is 2.82. The molecule has 0 atom stereocenters. The first-order chi connectivity index (χ1) is 9.70. The monoisotopic (exact) mass is 300 g/mol. The van der Waals surface area contributed by atoms with Crippen molar-refractivity contribution in [3.63, 3.8) is 0 Å². The van der Waals surface area contributed by atoms with E-state index in [1.807, 2.05) is 56.3 Å². The number of thiazole rings is 1. The quantitative estimate of drug-likeness (QED) is 0.478. The highest BCUT2D eigenvalue weighted by Gasteiger charge is 1.95. The third kappa shape index (κ3) is 3.92. The van der Waals surface area contributed by atoms with Crippen molar-refractivity contribution in [1.82, 2.24) is 4.98 Å². The molecule has 3 rings (SSSR count). The minimum atomic E-state index is 0.917. The summed E-state index contributed by atoms with van der Waals surface area (Å²) in [4.78, 5) is 9.35. The number of fused-ring (bicyclic) bond motifs is 1. The van der Waals surface area contributed by atoms with Gasteiger partial charge in [0, 0.05) is 11.1 Å². The predicted octanol–water partition coefficient (Wildman–Crippen LogP) is 5.30. The Hall–Kier alpha value is -1.65. The van der Waals surface area contributed by atoms with Crippen LogP contribution in [0.4, 0.5) is 5.69 Å². The van der Waals surface area contributed by atoms with Gasteiger partial charge in [-0.1, -0.05) is 24.3 Å². The first-order valence-electron chi connectivity index (χ1n) is 6.29. The largest absolute Gasteiger partial charge is 0.260 e. The van der Waals surface area contributed by atoms with Gasteiger partial charge in [0.25, 0.3) is 0 Å². The molecule has 0 aliphatic rings. The van der Waals surface area contributed by atoms with Gasteiger partial charge in [0.15, 0.2) is 0 Å². The third-order valence-electron chi connectivity index (χ3n) is 2.55. The van der Waals surface area contributed by atoms with Gasteiger partial charge in [0.1, 0.15) is 0 Å². The Balaban J connectivity index is 0.000000147. The summed E-state index contributed by atoms with van der Waals surface area (Å²) in [7, 11) is 0. The Morgan fingerprint density at radius 3 is 2.50 bits per heavy atom. The molecule has 0 bridgehead atoms. The van der Waals surface area contributed by atoms with E-state index in [2.05, 4.69) is 28.7 Å². The maximum absolute atomic E-state index is 4.33. The summed E-state index contributed by atoms with van der Waals surface area (Å²) in [6, 6.07) is 15.9. The Morgan fingerprint density at radius 2 is 1.80 bits per heavy atom. The normalized spacial score (nSPS) is 10.6. The second kappa shape index (κ2) is 7.22. The van der Waals surface area contributed by atoms with Crippen molar-refractivity contribution >= 4 is 46.1 Å². The number of aliphatic imine (C=N–C) groups is 1. The SMILES string of the molecule is CC=Nc1ccccc1S.Cc1nc2ccccc2s1. The predicted molar refractivity (Wildman–Crippen MR) is 91.9 cm³/mol. The molecule has 1 aromatic heterocycles. The van der Waals surface area contributed by atoms with Crippen LogP contribution in [0.1, 0.15) is 11.9 Å². The molecule has 0 unspecified atom stereocenters. The third-order valence-corrected chi connectivity index (χ3v) is 3.88. The van der Waals surface area contributed by atoms with Crippen LogP contribution in [0.15, 0.2) is 58.4 Å². The summed E-state index contributed by atoms with van der Waals surface area (Å²) >= 11 is 5.96. The molecule has 0 aliphatic carbocycles. The summed E-state index contributed by atoms with van der Waals surface area (Å²) in [6.07, 6.45) is 1.76. The van der Waals surface area contributed by atoms with E-state index in [4.69, 9.17) is 0 Å². The molecule has 0 saturated carbocycles. The van der Waals surface area contributed by atoms with Crippen LogP contribution in [0, 0.1) is 6.92 Å².